The monoisotopic (exact) mass is 400 g/mol. The Balaban J connectivity index is 1.92. The van der Waals surface area contributed by atoms with Crippen LogP contribution in [0.1, 0.15) is 11.1 Å². The molecular formula is C21H19F3N4O. The van der Waals surface area contributed by atoms with Crippen molar-refractivity contribution in [1.29, 1.82) is 0 Å². The molecule has 1 N–H and O–H groups in total. The number of terminal acetylenes is 1. The minimum absolute atomic E-state index is 0.0724. The van der Waals surface area contributed by atoms with Crippen molar-refractivity contribution in [2.24, 2.45) is 0 Å². The SMILES string of the molecule is C#CCN(Cc1ccc(F)cc1)CC(O)(Cn1cncn1)c1ccc(F)cc1F. The zero-order chi connectivity index (χ0) is 20.9. The van der Waals surface area contributed by atoms with Gasteiger partial charge < -0.3 is 5.11 Å². The molecule has 5 nitrogen and oxygen atoms in total. The molecule has 0 aliphatic heterocycles. The average molecular weight is 400 g/mol. The van der Waals surface area contributed by atoms with E-state index in [1.807, 2.05) is 0 Å². The van der Waals surface area contributed by atoms with E-state index in [9.17, 15) is 18.3 Å². The fourth-order valence-electron chi connectivity index (χ4n) is 3.18. The summed E-state index contributed by atoms with van der Waals surface area (Å²) in [5, 5.41) is 15.4. The van der Waals surface area contributed by atoms with E-state index in [0.717, 1.165) is 11.6 Å². The highest BCUT2D eigenvalue weighted by Gasteiger charge is 2.35. The van der Waals surface area contributed by atoms with Crippen LogP contribution in [0.3, 0.4) is 0 Å². The van der Waals surface area contributed by atoms with Crippen LogP contribution in [-0.4, -0.2) is 37.9 Å². The molecule has 0 fully saturated rings. The van der Waals surface area contributed by atoms with Gasteiger partial charge in [0.05, 0.1) is 13.1 Å². The van der Waals surface area contributed by atoms with Crippen molar-refractivity contribution < 1.29 is 18.3 Å². The largest absolute Gasteiger partial charge is 0.382 e. The van der Waals surface area contributed by atoms with Gasteiger partial charge in [-0.3, -0.25) is 4.90 Å². The van der Waals surface area contributed by atoms with Gasteiger partial charge in [-0.05, 0) is 23.8 Å². The molecule has 150 valence electrons. The zero-order valence-electron chi connectivity index (χ0n) is 15.5. The van der Waals surface area contributed by atoms with Crippen molar-refractivity contribution in [3.63, 3.8) is 0 Å². The van der Waals surface area contributed by atoms with Crippen molar-refractivity contribution in [2.75, 3.05) is 13.1 Å². The lowest BCUT2D eigenvalue weighted by Crippen LogP contribution is -2.44. The van der Waals surface area contributed by atoms with Gasteiger partial charge >= 0.3 is 0 Å². The first-order valence-corrected chi connectivity index (χ1v) is 8.80. The smallest absolute Gasteiger partial charge is 0.137 e. The van der Waals surface area contributed by atoms with E-state index in [4.69, 9.17) is 6.42 Å². The Morgan fingerprint density at radius 2 is 1.83 bits per heavy atom. The third kappa shape index (κ3) is 5.22. The van der Waals surface area contributed by atoms with Gasteiger partial charge in [0.25, 0.3) is 0 Å². The van der Waals surface area contributed by atoms with Crippen LogP contribution in [0, 0.1) is 29.8 Å². The van der Waals surface area contributed by atoms with Crippen LogP contribution in [0.15, 0.2) is 55.1 Å². The molecule has 29 heavy (non-hydrogen) atoms. The van der Waals surface area contributed by atoms with Crippen LogP contribution >= 0.6 is 0 Å². The molecule has 0 radical (unpaired) electrons. The Bertz CT molecular complexity index is 986. The first-order chi connectivity index (χ1) is 13.9. The van der Waals surface area contributed by atoms with Gasteiger partial charge in [0.15, 0.2) is 0 Å². The molecule has 3 rings (SSSR count). The van der Waals surface area contributed by atoms with Gasteiger partial charge in [0, 0.05) is 24.7 Å². The van der Waals surface area contributed by atoms with Crippen molar-refractivity contribution in [3.8, 4) is 12.3 Å². The van der Waals surface area contributed by atoms with Crippen molar-refractivity contribution in [2.45, 2.75) is 18.7 Å². The third-order valence-corrected chi connectivity index (χ3v) is 4.44. The fraction of sp³-hybridized carbons (Fsp3) is 0.238. The molecule has 0 aliphatic rings. The van der Waals surface area contributed by atoms with Crippen LogP contribution in [0.2, 0.25) is 0 Å². The fourth-order valence-corrected chi connectivity index (χ4v) is 3.18. The molecule has 0 saturated carbocycles. The van der Waals surface area contributed by atoms with Gasteiger partial charge in [-0.2, -0.15) is 5.10 Å². The van der Waals surface area contributed by atoms with E-state index < -0.39 is 17.2 Å². The number of hydrogen-bond acceptors (Lipinski definition) is 4. The molecule has 1 atom stereocenters. The second-order valence-electron chi connectivity index (χ2n) is 6.72. The maximum Gasteiger partial charge on any atom is 0.137 e. The van der Waals surface area contributed by atoms with Crippen LogP contribution in [0.25, 0.3) is 0 Å². The maximum atomic E-state index is 14.5. The van der Waals surface area contributed by atoms with E-state index in [0.29, 0.717) is 12.6 Å². The van der Waals surface area contributed by atoms with E-state index in [1.165, 1.54) is 35.5 Å². The predicted molar refractivity (Wildman–Crippen MR) is 101 cm³/mol. The second kappa shape index (κ2) is 8.90. The predicted octanol–water partition coefficient (Wildman–Crippen LogP) is 2.72. The number of rotatable bonds is 8. The Morgan fingerprint density at radius 1 is 1.10 bits per heavy atom. The standard InChI is InChI=1S/C21H19F3N4O/c1-2-9-27(11-16-3-5-17(22)6-4-16)12-21(29,13-28-15-25-14-26-28)19-8-7-18(23)10-20(19)24/h1,3-8,10,14-15,29H,9,11-13H2. The lowest BCUT2D eigenvalue weighted by Gasteiger charge is -2.34. The zero-order valence-corrected chi connectivity index (χ0v) is 15.5. The summed E-state index contributed by atoms with van der Waals surface area (Å²) in [7, 11) is 0. The maximum absolute atomic E-state index is 14.5. The number of aliphatic hydroxyl groups is 1. The van der Waals surface area contributed by atoms with Gasteiger partial charge in [-0.15, -0.1) is 6.42 Å². The molecule has 1 aromatic heterocycles. The van der Waals surface area contributed by atoms with Crippen LogP contribution < -0.4 is 0 Å². The van der Waals surface area contributed by atoms with Crippen molar-refractivity contribution >= 4 is 0 Å². The summed E-state index contributed by atoms with van der Waals surface area (Å²) in [5.74, 6) is 0.512. The number of aromatic nitrogens is 3. The molecule has 0 amide bonds. The van der Waals surface area contributed by atoms with E-state index in [-0.39, 0.29) is 31.0 Å². The summed E-state index contributed by atoms with van der Waals surface area (Å²) in [4.78, 5) is 5.55. The minimum Gasteiger partial charge on any atom is -0.382 e. The molecule has 8 heteroatoms. The quantitative estimate of drug-likeness (QED) is 0.591. The normalized spacial score (nSPS) is 13.2. The summed E-state index contributed by atoms with van der Waals surface area (Å²) in [6, 6.07) is 8.85. The molecule has 1 heterocycles. The second-order valence-corrected chi connectivity index (χ2v) is 6.72. The Hall–Kier alpha value is -3.15. The summed E-state index contributed by atoms with van der Waals surface area (Å²) < 4.78 is 42.5. The van der Waals surface area contributed by atoms with E-state index >= 15 is 0 Å². The molecule has 0 saturated heterocycles. The topological polar surface area (TPSA) is 54.2 Å². The third-order valence-electron chi connectivity index (χ3n) is 4.44. The van der Waals surface area contributed by atoms with Crippen LogP contribution in [-0.2, 0) is 18.7 Å². The highest BCUT2D eigenvalue weighted by atomic mass is 19.1. The Labute approximate surface area is 166 Å². The number of benzene rings is 2. The molecule has 0 spiro atoms. The minimum atomic E-state index is -1.78. The summed E-state index contributed by atoms with van der Waals surface area (Å²) in [6.07, 6.45) is 8.14. The first-order valence-electron chi connectivity index (χ1n) is 8.80. The van der Waals surface area contributed by atoms with Gasteiger partial charge in [0.1, 0.15) is 35.7 Å². The van der Waals surface area contributed by atoms with E-state index in [2.05, 4.69) is 16.0 Å². The summed E-state index contributed by atoms with van der Waals surface area (Å²) >= 11 is 0. The van der Waals surface area contributed by atoms with Crippen LogP contribution in [0.4, 0.5) is 13.2 Å². The van der Waals surface area contributed by atoms with Crippen LogP contribution in [0.5, 0.6) is 0 Å². The number of halogens is 3. The number of hydrogen-bond donors (Lipinski definition) is 1. The number of nitrogens with zero attached hydrogens (tertiary/aromatic N) is 4. The highest BCUT2D eigenvalue weighted by molar-refractivity contribution is 5.26. The molecular weight excluding hydrogens is 381 g/mol. The summed E-state index contributed by atoms with van der Waals surface area (Å²) in [6.45, 7) is 0.254. The van der Waals surface area contributed by atoms with Crippen molar-refractivity contribution in [3.05, 3.63) is 83.7 Å². The molecule has 1 unspecified atom stereocenters. The Morgan fingerprint density at radius 3 is 2.45 bits per heavy atom. The molecule has 0 bridgehead atoms. The average Bonchev–Trinajstić information content (AvgIpc) is 3.16. The summed E-state index contributed by atoms with van der Waals surface area (Å²) in [5.41, 5.74) is -1.10. The van der Waals surface area contributed by atoms with E-state index in [1.54, 1.807) is 17.0 Å². The Kier molecular flexibility index (Phi) is 6.32. The van der Waals surface area contributed by atoms with Gasteiger partial charge in [0.2, 0.25) is 0 Å². The first kappa shape index (κ1) is 20.6. The lowest BCUT2D eigenvalue weighted by atomic mass is 9.92. The molecule has 3 aromatic rings. The van der Waals surface area contributed by atoms with Gasteiger partial charge in [-0.1, -0.05) is 24.1 Å². The lowest BCUT2D eigenvalue weighted by molar-refractivity contribution is -0.0205. The van der Waals surface area contributed by atoms with Crippen molar-refractivity contribution in [1.82, 2.24) is 19.7 Å². The highest BCUT2D eigenvalue weighted by Crippen LogP contribution is 2.28. The van der Waals surface area contributed by atoms with Gasteiger partial charge in [-0.25, -0.2) is 22.8 Å². The molecule has 0 aliphatic carbocycles. The molecule has 2 aromatic carbocycles.